The first-order valence-electron chi connectivity index (χ1n) is 6.24. The van der Waals surface area contributed by atoms with Gasteiger partial charge in [-0.05, 0) is 32.1 Å². The fourth-order valence-corrected chi connectivity index (χ4v) is 2.75. The predicted molar refractivity (Wildman–Crippen MR) is 61.9 cm³/mol. The third-order valence-electron chi connectivity index (χ3n) is 4.24. The van der Waals surface area contributed by atoms with Crippen LogP contribution >= 0.6 is 0 Å². The highest BCUT2D eigenvalue weighted by Gasteiger charge is 2.43. The third kappa shape index (κ3) is 2.09. The van der Waals surface area contributed by atoms with Crippen LogP contribution in [-0.2, 0) is 9.53 Å². The number of nitrogens with one attached hydrogen (secondary N) is 1. The molecule has 2 rings (SSSR count). The molecule has 2 saturated carbocycles. The lowest BCUT2D eigenvalue weighted by Crippen LogP contribution is -2.52. The van der Waals surface area contributed by atoms with Gasteiger partial charge in [0, 0.05) is 19.7 Å². The molecule has 0 heterocycles. The van der Waals surface area contributed by atoms with Crippen LogP contribution in [-0.4, -0.2) is 31.7 Å². The van der Waals surface area contributed by atoms with Crippen LogP contribution in [0.1, 0.15) is 38.5 Å². The van der Waals surface area contributed by atoms with E-state index in [2.05, 4.69) is 5.32 Å². The van der Waals surface area contributed by atoms with Crippen LogP contribution in [0.4, 0.5) is 0 Å². The number of carbonyl (C=O) groups excluding carboxylic acids is 1. The number of rotatable bonds is 4. The Hall–Kier alpha value is -0.610. The van der Waals surface area contributed by atoms with Gasteiger partial charge < -0.3 is 15.8 Å². The fraction of sp³-hybridized carbons (Fsp3) is 0.917. The molecule has 2 atom stereocenters. The first-order valence-corrected chi connectivity index (χ1v) is 6.24. The molecule has 0 spiro atoms. The van der Waals surface area contributed by atoms with Crippen molar-refractivity contribution in [1.82, 2.24) is 5.32 Å². The molecule has 4 nitrogen and oxygen atoms in total. The van der Waals surface area contributed by atoms with Gasteiger partial charge in [-0.25, -0.2) is 0 Å². The molecule has 2 fully saturated rings. The van der Waals surface area contributed by atoms with Gasteiger partial charge in [0.25, 0.3) is 0 Å². The number of ether oxygens (including phenoxy) is 1. The van der Waals surface area contributed by atoms with E-state index < -0.39 is 0 Å². The SMILES string of the molecule is COC1CCC(NC(=O)C2(CN)CCC2)C1. The summed E-state index contributed by atoms with van der Waals surface area (Å²) >= 11 is 0. The minimum atomic E-state index is -0.245. The molecule has 0 aromatic carbocycles. The lowest BCUT2D eigenvalue weighted by atomic mass is 9.68. The Morgan fingerprint density at radius 1 is 1.50 bits per heavy atom. The second-order valence-corrected chi connectivity index (χ2v) is 5.18. The number of nitrogens with two attached hydrogens (primary N) is 1. The zero-order chi connectivity index (χ0) is 11.6. The normalized spacial score (nSPS) is 32.1. The zero-order valence-electron chi connectivity index (χ0n) is 10.00. The monoisotopic (exact) mass is 226 g/mol. The molecule has 16 heavy (non-hydrogen) atoms. The number of methoxy groups -OCH3 is 1. The van der Waals surface area contributed by atoms with E-state index in [0.717, 1.165) is 38.5 Å². The molecule has 0 saturated heterocycles. The van der Waals surface area contributed by atoms with E-state index >= 15 is 0 Å². The second kappa shape index (κ2) is 4.72. The first kappa shape index (κ1) is 11.9. The highest BCUT2D eigenvalue weighted by molar-refractivity contribution is 5.84. The molecule has 4 heteroatoms. The lowest BCUT2D eigenvalue weighted by Gasteiger charge is -2.39. The van der Waals surface area contributed by atoms with Crippen LogP contribution in [0, 0.1) is 5.41 Å². The summed E-state index contributed by atoms with van der Waals surface area (Å²) in [5, 5.41) is 3.14. The van der Waals surface area contributed by atoms with Crippen molar-refractivity contribution in [3.63, 3.8) is 0 Å². The standard InChI is InChI=1S/C12H22N2O2/c1-16-10-4-3-9(7-10)14-11(15)12(8-13)5-2-6-12/h9-10H,2-8,13H2,1H3,(H,14,15). The summed E-state index contributed by atoms with van der Waals surface area (Å²) in [5.74, 6) is 0.169. The van der Waals surface area contributed by atoms with E-state index in [9.17, 15) is 4.79 Å². The minimum absolute atomic E-state index is 0.169. The maximum Gasteiger partial charge on any atom is 0.227 e. The molecule has 0 bridgehead atoms. The van der Waals surface area contributed by atoms with E-state index in [1.807, 2.05) is 0 Å². The van der Waals surface area contributed by atoms with E-state index in [0.29, 0.717) is 18.7 Å². The number of hydrogen-bond donors (Lipinski definition) is 2. The van der Waals surface area contributed by atoms with Crippen LogP contribution in [0.15, 0.2) is 0 Å². The topological polar surface area (TPSA) is 64.3 Å². The lowest BCUT2D eigenvalue weighted by molar-refractivity contribution is -0.135. The number of hydrogen-bond acceptors (Lipinski definition) is 3. The molecule has 0 aromatic rings. The Balaban J connectivity index is 1.83. The van der Waals surface area contributed by atoms with Gasteiger partial charge in [0.2, 0.25) is 5.91 Å². The Labute approximate surface area is 96.9 Å². The van der Waals surface area contributed by atoms with Gasteiger partial charge in [0.05, 0.1) is 11.5 Å². The third-order valence-corrected chi connectivity index (χ3v) is 4.24. The fourth-order valence-electron chi connectivity index (χ4n) is 2.75. The van der Waals surface area contributed by atoms with E-state index in [1.165, 1.54) is 0 Å². The average molecular weight is 226 g/mol. The summed E-state index contributed by atoms with van der Waals surface area (Å²) in [7, 11) is 1.74. The van der Waals surface area contributed by atoms with Crippen LogP contribution in [0.25, 0.3) is 0 Å². The molecule has 0 aromatic heterocycles. The maximum absolute atomic E-state index is 12.1. The first-order chi connectivity index (χ1) is 7.70. The highest BCUT2D eigenvalue weighted by atomic mass is 16.5. The van der Waals surface area contributed by atoms with Crippen molar-refractivity contribution in [2.45, 2.75) is 50.7 Å². The molecule has 0 aliphatic heterocycles. The molecule has 2 unspecified atom stereocenters. The summed E-state index contributed by atoms with van der Waals surface area (Å²) in [6.07, 6.45) is 6.40. The van der Waals surface area contributed by atoms with Crippen LogP contribution in [0.2, 0.25) is 0 Å². The Bertz CT molecular complexity index is 258. The van der Waals surface area contributed by atoms with Crippen molar-refractivity contribution in [2.24, 2.45) is 11.1 Å². The Morgan fingerprint density at radius 3 is 2.69 bits per heavy atom. The van der Waals surface area contributed by atoms with Crippen molar-refractivity contribution in [3.05, 3.63) is 0 Å². The molecule has 0 radical (unpaired) electrons. The van der Waals surface area contributed by atoms with Gasteiger partial charge in [-0.3, -0.25) is 4.79 Å². The van der Waals surface area contributed by atoms with Crippen molar-refractivity contribution in [3.8, 4) is 0 Å². The van der Waals surface area contributed by atoms with E-state index in [1.54, 1.807) is 7.11 Å². The van der Waals surface area contributed by atoms with Crippen LogP contribution < -0.4 is 11.1 Å². The van der Waals surface area contributed by atoms with Gasteiger partial charge in [0.15, 0.2) is 0 Å². The predicted octanol–water partition coefficient (Wildman–Crippen LogP) is 0.799. The van der Waals surface area contributed by atoms with Gasteiger partial charge in [-0.15, -0.1) is 0 Å². The second-order valence-electron chi connectivity index (χ2n) is 5.18. The maximum atomic E-state index is 12.1. The highest BCUT2D eigenvalue weighted by Crippen LogP contribution is 2.40. The number of amides is 1. The zero-order valence-corrected chi connectivity index (χ0v) is 10.00. The smallest absolute Gasteiger partial charge is 0.227 e. The van der Waals surface area contributed by atoms with E-state index in [4.69, 9.17) is 10.5 Å². The Morgan fingerprint density at radius 2 is 2.25 bits per heavy atom. The van der Waals surface area contributed by atoms with Crippen LogP contribution in [0.5, 0.6) is 0 Å². The van der Waals surface area contributed by atoms with Gasteiger partial charge in [-0.1, -0.05) is 6.42 Å². The van der Waals surface area contributed by atoms with Gasteiger partial charge in [0.1, 0.15) is 0 Å². The quantitative estimate of drug-likeness (QED) is 0.745. The van der Waals surface area contributed by atoms with Crippen molar-refractivity contribution in [2.75, 3.05) is 13.7 Å². The van der Waals surface area contributed by atoms with Gasteiger partial charge >= 0.3 is 0 Å². The molecule has 1 amide bonds. The summed E-state index contributed by atoms with van der Waals surface area (Å²) in [6.45, 7) is 0.485. The summed E-state index contributed by atoms with van der Waals surface area (Å²) in [6, 6.07) is 0.293. The Kier molecular flexibility index (Phi) is 3.50. The van der Waals surface area contributed by atoms with Gasteiger partial charge in [-0.2, -0.15) is 0 Å². The van der Waals surface area contributed by atoms with E-state index in [-0.39, 0.29) is 11.3 Å². The largest absolute Gasteiger partial charge is 0.381 e. The summed E-state index contributed by atoms with van der Waals surface area (Å²) < 4.78 is 5.30. The molecular formula is C12H22N2O2. The minimum Gasteiger partial charge on any atom is -0.381 e. The van der Waals surface area contributed by atoms with Crippen LogP contribution in [0.3, 0.4) is 0 Å². The molecule has 2 aliphatic rings. The molecule has 2 aliphatic carbocycles. The van der Waals surface area contributed by atoms with Crippen molar-refractivity contribution >= 4 is 5.91 Å². The summed E-state index contributed by atoms with van der Waals surface area (Å²) in [4.78, 5) is 12.1. The number of carbonyl (C=O) groups is 1. The molecule has 92 valence electrons. The van der Waals surface area contributed by atoms with Crippen molar-refractivity contribution < 1.29 is 9.53 Å². The molecule has 3 N–H and O–H groups in total. The average Bonchev–Trinajstić information content (AvgIpc) is 2.64. The summed E-state index contributed by atoms with van der Waals surface area (Å²) in [5.41, 5.74) is 5.47. The molecular weight excluding hydrogens is 204 g/mol. The van der Waals surface area contributed by atoms with Crippen molar-refractivity contribution in [1.29, 1.82) is 0 Å².